The Morgan fingerprint density at radius 2 is 2.00 bits per heavy atom. The van der Waals surface area contributed by atoms with Crippen LogP contribution in [0.4, 0.5) is 0 Å². The highest BCUT2D eigenvalue weighted by Crippen LogP contribution is 2.25. The van der Waals surface area contributed by atoms with Crippen molar-refractivity contribution in [3.05, 3.63) is 48.6 Å². The molecule has 0 spiro atoms. The molecule has 3 heterocycles. The van der Waals surface area contributed by atoms with Gasteiger partial charge >= 0.3 is 0 Å². The van der Waals surface area contributed by atoms with Gasteiger partial charge in [0.05, 0.1) is 25.3 Å². The van der Waals surface area contributed by atoms with Gasteiger partial charge in [0.25, 0.3) is 0 Å². The maximum absolute atomic E-state index is 6.00. The van der Waals surface area contributed by atoms with E-state index in [2.05, 4.69) is 27.0 Å². The number of aromatic nitrogens is 2. The highest BCUT2D eigenvalue weighted by molar-refractivity contribution is 5.82. The molecule has 0 bridgehead atoms. The summed E-state index contributed by atoms with van der Waals surface area (Å²) in [5.41, 5.74) is 1.99. The molecule has 1 fully saturated rings. The molecule has 0 amide bonds. The highest BCUT2D eigenvalue weighted by atomic mass is 16.5. The van der Waals surface area contributed by atoms with Gasteiger partial charge in [0.1, 0.15) is 17.8 Å². The van der Waals surface area contributed by atoms with Gasteiger partial charge < -0.3 is 9.15 Å². The van der Waals surface area contributed by atoms with E-state index < -0.39 is 0 Å². The topological polar surface area (TPSA) is 51.4 Å². The molecule has 112 valence electrons. The third kappa shape index (κ3) is 2.73. The van der Waals surface area contributed by atoms with Gasteiger partial charge in [-0.25, -0.2) is 9.97 Å². The predicted octanol–water partition coefficient (Wildman–Crippen LogP) is 2.72. The molecule has 5 heteroatoms. The summed E-state index contributed by atoms with van der Waals surface area (Å²) in [4.78, 5) is 10.7. The average molecular weight is 295 g/mol. The van der Waals surface area contributed by atoms with Gasteiger partial charge in [-0.15, -0.1) is 0 Å². The minimum absolute atomic E-state index is 0.804. The third-order valence-corrected chi connectivity index (χ3v) is 3.93. The van der Waals surface area contributed by atoms with Crippen molar-refractivity contribution in [3.8, 4) is 11.3 Å². The van der Waals surface area contributed by atoms with Crippen LogP contribution in [0.3, 0.4) is 0 Å². The van der Waals surface area contributed by atoms with E-state index in [1.54, 1.807) is 6.33 Å². The first-order valence-electron chi connectivity index (χ1n) is 7.47. The Kier molecular flexibility index (Phi) is 3.58. The van der Waals surface area contributed by atoms with Crippen LogP contribution in [-0.4, -0.2) is 41.2 Å². The third-order valence-electron chi connectivity index (χ3n) is 3.93. The van der Waals surface area contributed by atoms with Crippen LogP contribution in [-0.2, 0) is 11.3 Å². The first-order valence-corrected chi connectivity index (χ1v) is 7.47. The molecule has 2 aromatic heterocycles. The Labute approximate surface area is 128 Å². The molecule has 1 aliphatic heterocycles. The number of morpholine rings is 1. The van der Waals surface area contributed by atoms with Crippen LogP contribution in [0.1, 0.15) is 5.76 Å². The zero-order valence-electron chi connectivity index (χ0n) is 12.2. The Hall–Kier alpha value is -2.24. The number of furan rings is 1. The summed E-state index contributed by atoms with van der Waals surface area (Å²) < 4.78 is 11.4. The van der Waals surface area contributed by atoms with Gasteiger partial charge in [-0.1, -0.05) is 0 Å². The first-order chi connectivity index (χ1) is 10.9. The van der Waals surface area contributed by atoms with Crippen molar-refractivity contribution >= 4 is 10.9 Å². The number of hydrogen-bond donors (Lipinski definition) is 0. The monoisotopic (exact) mass is 295 g/mol. The molecule has 0 radical (unpaired) electrons. The Bertz CT molecular complexity index is 778. The average Bonchev–Trinajstić information content (AvgIpc) is 3.04. The lowest BCUT2D eigenvalue weighted by Gasteiger charge is -2.25. The summed E-state index contributed by atoms with van der Waals surface area (Å²) in [6.07, 6.45) is 3.39. The van der Waals surface area contributed by atoms with E-state index in [0.29, 0.717) is 0 Å². The molecule has 1 aromatic carbocycles. The lowest BCUT2D eigenvalue weighted by molar-refractivity contribution is 0.0314. The summed E-state index contributed by atoms with van der Waals surface area (Å²) in [6, 6.07) is 10.2. The number of ether oxygens (including phenoxy) is 1. The van der Waals surface area contributed by atoms with E-state index in [9.17, 15) is 0 Å². The standard InChI is InChI=1S/C17H17N3O2/c1-3-16-14(10-18-12-19-16)9-13(1)17-4-2-15(22-17)11-20-5-7-21-8-6-20/h1-4,9-10,12H,5-8,11H2. The van der Waals surface area contributed by atoms with Gasteiger partial charge in [0, 0.05) is 30.2 Å². The maximum atomic E-state index is 6.00. The predicted molar refractivity (Wildman–Crippen MR) is 83.3 cm³/mol. The molecule has 0 atom stereocenters. The Morgan fingerprint density at radius 3 is 2.91 bits per heavy atom. The van der Waals surface area contributed by atoms with Crippen LogP contribution >= 0.6 is 0 Å². The molecule has 0 N–H and O–H groups in total. The summed E-state index contributed by atoms with van der Waals surface area (Å²) >= 11 is 0. The molecule has 3 aromatic rings. The number of fused-ring (bicyclic) bond motifs is 1. The van der Waals surface area contributed by atoms with Crippen LogP contribution in [0, 0.1) is 0 Å². The second kappa shape index (κ2) is 5.87. The molecule has 5 nitrogen and oxygen atoms in total. The van der Waals surface area contributed by atoms with E-state index in [0.717, 1.165) is 60.8 Å². The maximum Gasteiger partial charge on any atom is 0.134 e. The summed E-state index contributed by atoms with van der Waals surface area (Å²) in [5, 5.41) is 1.02. The zero-order chi connectivity index (χ0) is 14.8. The van der Waals surface area contributed by atoms with Gasteiger partial charge in [0.2, 0.25) is 0 Å². The Morgan fingerprint density at radius 1 is 1.09 bits per heavy atom. The largest absolute Gasteiger partial charge is 0.460 e. The Balaban J connectivity index is 1.56. The van der Waals surface area contributed by atoms with Gasteiger partial charge in [-0.3, -0.25) is 4.90 Å². The molecule has 0 saturated carbocycles. The van der Waals surface area contributed by atoms with E-state index >= 15 is 0 Å². The molecular weight excluding hydrogens is 278 g/mol. The number of benzene rings is 1. The van der Waals surface area contributed by atoms with Crippen LogP contribution in [0.25, 0.3) is 22.2 Å². The molecule has 1 aliphatic rings. The molecule has 0 aliphatic carbocycles. The molecule has 0 unspecified atom stereocenters. The van der Waals surface area contributed by atoms with E-state index in [1.165, 1.54) is 0 Å². The fraction of sp³-hybridized carbons (Fsp3) is 0.294. The highest BCUT2D eigenvalue weighted by Gasteiger charge is 2.13. The fourth-order valence-electron chi connectivity index (χ4n) is 2.74. The first kappa shape index (κ1) is 13.4. The summed E-state index contributed by atoms with van der Waals surface area (Å²) in [7, 11) is 0. The van der Waals surface area contributed by atoms with Crippen molar-refractivity contribution in [2.24, 2.45) is 0 Å². The number of hydrogen-bond acceptors (Lipinski definition) is 5. The van der Waals surface area contributed by atoms with Gasteiger partial charge in [-0.05, 0) is 30.3 Å². The van der Waals surface area contributed by atoms with Crippen LogP contribution in [0.2, 0.25) is 0 Å². The van der Waals surface area contributed by atoms with Crippen LogP contribution in [0.5, 0.6) is 0 Å². The smallest absolute Gasteiger partial charge is 0.134 e. The van der Waals surface area contributed by atoms with Gasteiger partial charge in [-0.2, -0.15) is 0 Å². The minimum Gasteiger partial charge on any atom is -0.460 e. The van der Waals surface area contributed by atoms with Gasteiger partial charge in [0.15, 0.2) is 0 Å². The summed E-state index contributed by atoms with van der Waals surface area (Å²) in [6.45, 7) is 4.36. The van der Waals surface area contributed by atoms with Crippen LogP contribution < -0.4 is 0 Å². The van der Waals surface area contributed by atoms with Crippen molar-refractivity contribution in [1.82, 2.24) is 14.9 Å². The lowest BCUT2D eigenvalue weighted by atomic mass is 10.1. The summed E-state index contributed by atoms with van der Waals surface area (Å²) in [5.74, 6) is 1.87. The lowest BCUT2D eigenvalue weighted by Crippen LogP contribution is -2.35. The molecule has 1 saturated heterocycles. The second-order valence-electron chi connectivity index (χ2n) is 5.45. The van der Waals surface area contributed by atoms with Crippen molar-refractivity contribution in [1.29, 1.82) is 0 Å². The zero-order valence-corrected chi connectivity index (χ0v) is 12.2. The SMILES string of the molecule is c1ncc2cc(-c3ccc(CN4CCOCC4)o3)ccc2n1. The fourth-order valence-corrected chi connectivity index (χ4v) is 2.74. The van der Waals surface area contributed by atoms with Crippen LogP contribution in [0.15, 0.2) is 47.3 Å². The minimum atomic E-state index is 0.804. The second-order valence-corrected chi connectivity index (χ2v) is 5.45. The number of nitrogens with zero attached hydrogens (tertiary/aromatic N) is 3. The molecular formula is C17H17N3O2. The molecule has 4 rings (SSSR count). The molecule has 22 heavy (non-hydrogen) atoms. The van der Waals surface area contributed by atoms with Crippen molar-refractivity contribution in [2.45, 2.75) is 6.54 Å². The van der Waals surface area contributed by atoms with E-state index in [-0.39, 0.29) is 0 Å². The van der Waals surface area contributed by atoms with Crippen molar-refractivity contribution in [3.63, 3.8) is 0 Å². The van der Waals surface area contributed by atoms with E-state index in [4.69, 9.17) is 9.15 Å². The van der Waals surface area contributed by atoms with Crippen molar-refractivity contribution < 1.29 is 9.15 Å². The quantitative estimate of drug-likeness (QED) is 0.743. The number of rotatable bonds is 3. The van der Waals surface area contributed by atoms with E-state index in [1.807, 2.05) is 24.4 Å². The normalized spacial score (nSPS) is 16.2. The van der Waals surface area contributed by atoms with Crippen molar-refractivity contribution in [2.75, 3.05) is 26.3 Å².